The molecule has 3 aromatic carbocycles. The van der Waals surface area contributed by atoms with Gasteiger partial charge in [-0.1, -0.05) is 80.1 Å². The summed E-state index contributed by atoms with van der Waals surface area (Å²) in [6, 6.07) is 12.9. The fraction of sp³-hybridized carbons (Fsp3) is 0.480. The van der Waals surface area contributed by atoms with Gasteiger partial charge in [-0.25, -0.2) is 4.39 Å². The molecular formula is C50H53Cl2FN6O6. The number of hydrogen-bond donors (Lipinski definition) is 4. The van der Waals surface area contributed by atoms with Gasteiger partial charge < -0.3 is 25.8 Å². The highest BCUT2D eigenvalue weighted by molar-refractivity contribution is 6.31. The standard InChI is InChI=1S/C50H53Cl2FN6O6/c1-49(2,3)25-39-50(35-17-14-30(51)24-37(35)55-48(50)65)41(33-8-5-9-36(52)42(33)53)43(56-39)45(62)54-31-15-12-29(13-16-31)46(63)58-22-20-27(21-23-58)10-11-28-6-4-7-32-34(28)26-59(47(32)64)38-18-19-40(60)57-44(38)61/h4-9,14,17,24,27,29,31,38-39,41,43,56H,12-13,15-16,18-23,25-26H2,1-3H3,(H,54,62)(H,55,65)(H,57,60,61)/t29?,31?,38?,39-,41-,43+,50+/m0/s1. The largest absolute Gasteiger partial charge is 0.352 e. The Morgan fingerprint density at radius 1 is 0.923 bits per heavy atom. The minimum absolute atomic E-state index is 0.0707. The smallest absolute Gasteiger partial charge is 0.255 e. The number of imide groups is 1. The fourth-order valence-electron chi connectivity index (χ4n) is 11.3. The molecule has 4 N–H and O–H groups in total. The molecular weight excluding hydrogens is 870 g/mol. The number of nitrogens with one attached hydrogen (secondary N) is 4. The van der Waals surface area contributed by atoms with Gasteiger partial charge in [0.2, 0.25) is 29.5 Å². The van der Waals surface area contributed by atoms with Crippen molar-refractivity contribution < 1.29 is 33.2 Å². The number of anilines is 1. The molecule has 4 fully saturated rings. The lowest BCUT2D eigenvalue weighted by molar-refractivity contribution is -0.138. The summed E-state index contributed by atoms with van der Waals surface area (Å²) in [5.41, 5.74) is 1.80. The van der Waals surface area contributed by atoms with E-state index in [9.17, 15) is 28.8 Å². The second-order valence-corrected chi connectivity index (χ2v) is 20.6. The van der Waals surface area contributed by atoms with Crippen LogP contribution in [0, 0.1) is 34.9 Å². The van der Waals surface area contributed by atoms with Gasteiger partial charge in [-0.2, -0.15) is 0 Å². The highest BCUT2D eigenvalue weighted by atomic mass is 35.5. The fourth-order valence-corrected chi connectivity index (χ4v) is 11.7. The topological polar surface area (TPSA) is 157 Å². The number of piperidine rings is 2. The third-order valence-corrected chi connectivity index (χ3v) is 15.0. The quantitative estimate of drug-likeness (QED) is 0.160. The maximum atomic E-state index is 16.2. The SMILES string of the molecule is CC(C)(C)C[C@@H]1N[C@@H](C(=O)NC2CCC(C(=O)N3CCC(C#Cc4cccc5c4CN(C4CCC(=O)NC4=O)C5=O)CC3)CC2)[C@H](c2cccc(Cl)c2F)[C@]12C(=O)Nc1cc(Cl)ccc12. The zero-order valence-electron chi connectivity index (χ0n) is 36.7. The van der Waals surface area contributed by atoms with Crippen molar-refractivity contribution in [2.24, 2.45) is 17.3 Å². The summed E-state index contributed by atoms with van der Waals surface area (Å²) in [5.74, 6) is 3.41. The van der Waals surface area contributed by atoms with Crippen molar-refractivity contribution in [1.29, 1.82) is 0 Å². The predicted octanol–water partition coefficient (Wildman–Crippen LogP) is 6.61. The summed E-state index contributed by atoms with van der Waals surface area (Å²) in [5, 5.41) is 12.5. The van der Waals surface area contributed by atoms with Gasteiger partial charge in [0.25, 0.3) is 5.91 Å². The van der Waals surface area contributed by atoms with Gasteiger partial charge in [-0.05, 0) is 104 Å². The van der Waals surface area contributed by atoms with Crippen molar-refractivity contribution in [3.8, 4) is 11.8 Å². The van der Waals surface area contributed by atoms with E-state index < -0.39 is 41.2 Å². The van der Waals surface area contributed by atoms with E-state index in [4.69, 9.17) is 23.2 Å². The summed E-state index contributed by atoms with van der Waals surface area (Å²) < 4.78 is 16.2. The molecule has 1 unspecified atom stereocenters. The van der Waals surface area contributed by atoms with Crippen LogP contribution in [-0.2, 0) is 35.9 Å². The summed E-state index contributed by atoms with van der Waals surface area (Å²) in [7, 11) is 0. The number of carbonyl (C=O) groups excluding carboxylic acids is 6. The Morgan fingerprint density at radius 3 is 2.38 bits per heavy atom. The van der Waals surface area contributed by atoms with Crippen molar-refractivity contribution in [3.05, 3.63) is 98.3 Å². The molecule has 6 amide bonds. The van der Waals surface area contributed by atoms with E-state index in [1.54, 1.807) is 42.5 Å². The maximum Gasteiger partial charge on any atom is 0.255 e. The van der Waals surface area contributed by atoms with Crippen LogP contribution in [0.25, 0.3) is 0 Å². The first-order valence-corrected chi connectivity index (χ1v) is 23.5. The molecule has 9 rings (SSSR count). The normalized spacial score (nSPS) is 27.8. The zero-order valence-corrected chi connectivity index (χ0v) is 38.2. The first kappa shape index (κ1) is 44.9. The van der Waals surface area contributed by atoms with E-state index in [-0.39, 0.29) is 76.4 Å². The van der Waals surface area contributed by atoms with Crippen LogP contribution in [0.1, 0.15) is 117 Å². The number of likely N-dealkylation sites (tertiary alicyclic amines) is 1. The van der Waals surface area contributed by atoms with E-state index in [2.05, 4.69) is 53.9 Å². The molecule has 5 atom stereocenters. The molecule has 65 heavy (non-hydrogen) atoms. The van der Waals surface area contributed by atoms with Crippen LogP contribution >= 0.6 is 23.2 Å². The Balaban J connectivity index is 0.838. The predicted molar refractivity (Wildman–Crippen MR) is 243 cm³/mol. The Hall–Kier alpha value is -5.29. The van der Waals surface area contributed by atoms with Crippen LogP contribution < -0.4 is 21.3 Å². The third kappa shape index (κ3) is 8.31. The van der Waals surface area contributed by atoms with Gasteiger partial charge >= 0.3 is 0 Å². The van der Waals surface area contributed by atoms with Crippen LogP contribution in [0.2, 0.25) is 10.0 Å². The van der Waals surface area contributed by atoms with E-state index in [1.807, 2.05) is 11.0 Å². The van der Waals surface area contributed by atoms with Gasteiger partial charge in [0, 0.05) is 77.7 Å². The molecule has 0 aromatic heterocycles. The lowest BCUT2D eigenvalue weighted by atomic mass is 9.62. The number of carbonyl (C=O) groups is 6. The first-order chi connectivity index (χ1) is 31.0. The van der Waals surface area contributed by atoms with E-state index >= 15 is 4.39 Å². The van der Waals surface area contributed by atoms with Gasteiger partial charge in [0.1, 0.15) is 17.3 Å². The summed E-state index contributed by atoms with van der Waals surface area (Å²) in [6.07, 6.45) is 4.83. The minimum Gasteiger partial charge on any atom is -0.352 e. The molecule has 1 saturated carbocycles. The number of halogens is 3. The van der Waals surface area contributed by atoms with Crippen molar-refractivity contribution in [2.45, 2.75) is 121 Å². The number of hydrogen-bond acceptors (Lipinski definition) is 7. The van der Waals surface area contributed by atoms with Crippen LogP contribution in [0.5, 0.6) is 0 Å². The third-order valence-electron chi connectivity index (χ3n) is 14.4. The molecule has 12 nitrogen and oxygen atoms in total. The van der Waals surface area contributed by atoms with Crippen LogP contribution in [0.4, 0.5) is 10.1 Å². The van der Waals surface area contributed by atoms with Gasteiger partial charge in [-0.15, -0.1) is 0 Å². The number of amides is 6. The summed E-state index contributed by atoms with van der Waals surface area (Å²) >= 11 is 12.8. The zero-order chi connectivity index (χ0) is 45.9. The average molecular weight is 924 g/mol. The molecule has 1 spiro atoms. The molecule has 3 aromatic rings. The Bertz CT molecular complexity index is 2550. The lowest BCUT2D eigenvalue weighted by Crippen LogP contribution is -2.52. The molecule has 3 saturated heterocycles. The second kappa shape index (κ2) is 17.5. The van der Waals surface area contributed by atoms with E-state index in [0.717, 1.165) is 24.0 Å². The lowest BCUT2D eigenvalue weighted by Gasteiger charge is -2.38. The maximum absolute atomic E-state index is 16.2. The number of benzene rings is 3. The Labute approximate surface area is 388 Å². The molecule has 340 valence electrons. The van der Waals surface area contributed by atoms with Crippen LogP contribution in [-0.4, -0.2) is 82.5 Å². The van der Waals surface area contributed by atoms with Crippen LogP contribution in [0.3, 0.4) is 0 Å². The Morgan fingerprint density at radius 2 is 1.66 bits per heavy atom. The highest BCUT2D eigenvalue weighted by Crippen LogP contribution is 2.57. The minimum atomic E-state index is -1.35. The monoisotopic (exact) mass is 922 g/mol. The molecule has 5 heterocycles. The van der Waals surface area contributed by atoms with Crippen molar-refractivity contribution in [1.82, 2.24) is 25.8 Å². The van der Waals surface area contributed by atoms with Gasteiger partial charge in [0.15, 0.2) is 0 Å². The number of rotatable bonds is 6. The second-order valence-electron chi connectivity index (χ2n) is 19.8. The summed E-state index contributed by atoms with van der Waals surface area (Å²) in [4.78, 5) is 84.0. The molecule has 5 aliphatic heterocycles. The van der Waals surface area contributed by atoms with Crippen molar-refractivity contribution >= 4 is 64.3 Å². The Kier molecular flexibility index (Phi) is 12.1. The molecule has 1 aliphatic carbocycles. The molecule has 0 radical (unpaired) electrons. The number of nitrogens with zero attached hydrogens (tertiary/aromatic N) is 2. The molecule has 15 heteroatoms. The van der Waals surface area contributed by atoms with E-state index in [1.165, 1.54) is 11.0 Å². The summed E-state index contributed by atoms with van der Waals surface area (Å²) in [6.45, 7) is 7.63. The molecule has 6 aliphatic rings. The van der Waals surface area contributed by atoms with Gasteiger partial charge in [0.05, 0.1) is 11.1 Å². The van der Waals surface area contributed by atoms with Crippen molar-refractivity contribution in [2.75, 3.05) is 18.4 Å². The van der Waals surface area contributed by atoms with E-state index in [0.29, 0.717) is 73.5 Å². The highest BCUT2D eigenvalue weighted by Gasteiger charge is 2.66. The number of fused-ring (bicyclic) bond motifs is 3. The van der Waals surface area contributed by atoms with Crippen molar-refractivity contribution in [3.63, 3.8) is 0 Å². The first-order valence-electron chi connectivity index (χ1n) is 22.7. The van der Waals surface area contributed by atoms with Crippen LogP contribution in [0.15, 0.2) is 54.6 Å². The van der Waals surface area contributed by atoms with Gasteiger partial charge in [-0.3, -0.25) is 34.1 Å². The average Bonchev–Trinajstić information content (AvgIpc) is 3.88. The molecule has 0 bridgehead atoms.